The fourth-order valence-electron chi connectivity index (χ4n) is 6.43. The Hall–Kier alpha value is -5.62. The summed E-state index contributed by atoms with van der Waals surface area (Å²) in [6, 6.07) is 20.3. The molecule has 0 spiro atoms. The molecule has 52 heavy (non-hydrogen) atoms. The van der Waals surface area contributed by atoms with Crippen molar-refractivity contribution in [2.24, 2.45) is 0 Å². The number of nitrogen functional groups attached to an aromatic ring is 1. The van der Waals surface area contributed by atoms with E-state index < -0.39 is 5.91 Å². The van der Waals surface area contributed by atoms with Gasteiger partial charge in [0.15, 0.2) is 22.5 Å². The van der Waals surface area contributed by atoms with E-state index in [1.54, 1.807) is 18.5 Å². The van der Waals surface area contributed by atoms with Crippen LogP contribution in [-0.2, 0) is 11.3 Å². The summed E-state index contributed by atoms with van der Waals surface area (Å²) in [6.07, 6.45) is 5.66. The van der Waals surface area contributed by atoms with Gasteiger partial charge >= 0.3 is 0 Å². The molecule has 0 aliphatic carbocycles. The van der Waals surface area contributed by atoms with E-state index in [0.29, 0.717) is 47.5 Å². The van der Waals surface area contributed by atoms with E-state index in [2.05, 4.69) is 61.0 Å². The molecule has 0 saturated carbocycles. The highest BCUT2D eigenvalue weighted by molar-refractivity contribution is 7.99. The van der Waals surface area contributed by atoms with Crippen LogP contribution in [0.2, 0.25) is 0 Å². The number of imidazole rings is 1. The van der Waals surface area contributed by atoms with Crippen molar-refractivity contribution in [1.29, 1.82) is 5.26 Å². The maximum absolute atomic E-state index is 13.2. The van der Waals surface area contributed by atoms with Crippen molar-refractivity contribution in [2.45, 2.75) is 23.0 Å². The zero-order valence-electron chi connectivity index (χ0n) is 28.4. The molecule has 2 aliphatic rings. The van der Waals surface area contributed by atoms with Crippen LogP contribution in [0.25, 0.3) is 38.5 Å². The van der Waals surface area contributed by atoms with E-state index in [4.69, 9.17) is 20.2 Å². The first kappa shape index (κ1) is 33.5. The summed E-state index contributed by atoms with van der Waals surface area (Å²) in [7, 11) is 2.15. The van der Waals surface area contributed by atoms with Crippen LogP contribution in [0.5, 0.6) is 11.5 Å². The van der Waals surface area contributed by atoms with Crippen LogP contribution < -0.4 is 25.4 Å². The smallest absolute Gasteiger partial charge is 0.261 e. The zero-order valence-corrected chi connectivity index (χ0v) is 30.0. The number of anilines is 2. The first-order valence-corrected chi connectivity index (χ1v) is 18.6. The fourth-order valence-corrected chi connectivity index (χ4v) is 8.22. The van der Waals surface area contributed by atoms with E-state index >= 15 is 0 Å². The number of fused-ring (bicyclic) bond motifs is 3. The van der Waals surface area contributed by atoms with Crippen molar-refractivity contribution in [3.8, 4) is 28.1 Å². The number of carbonyl (C=O) groups is 1. The van der Waals surface area contributed by atoms with Gasteiger partial charge in [-0.05, 0) is 72.3 Å². The van der Waals surface area contributed by atoms with Crippen LogP contribution >= 0.6 is 23.1 Å². The molecule has 0 atom stereocenters. The zero-order chi connectivity index (χ0) is 35.6. The Morgan fingerprint density at radius 2 is 1.85 bits per heavy atom. The number of hydrogen-bond donors (Lipinski definition) is 2. The lowest BCUT2D eigenvalue weighted by Crippen LogP contribution is -2.44. The first-order valence-electron chi connectivity index (χ1n) is 16.9. The molecule has 0 bridgehead atoms. The first-order chi connectivity index (χ1) is 25.4. The Labute approximate surface area is 308 Å². The van der Waals surface area contributed by atoms with Crippen molar-refractivity contribution >= 4 is 68.4 Å². The molecule has 0 radical (unpaired) electrons. The molecule has 3 N–H and O–H groups in total. The van der Waals surface area contributed by atoms with Gasteiger partial charge in [-0.1, -0.05) is 30.0 Å². The number of piperazine rings is 1. The van der Waals surface area contributed by atoms with Crippen LogP contribution in [0.15, 0.2) is 88.0 Å². The van der Waals surface area contributed by atoms with Gasteiger partial charge in [-0.2, -0.15) is 5.26 Å². The van der Waals surface area contributed by atoms with Crippen LogP contribution in [0.4, 0.5) is 11.5 Å². The van der Waals surface area contributed by atoms with Gasteiger partial charge in [-0.15, -0.1) is 11.3 Å². The van der Waals surface area contributed by atoms with E-state index in [1.165, 1.54) is 28.8 Å². The normalized spacial score (nSPS) is 14.6. The molecular formula is C38H35N9O3S2. The van der Waals surface area contributed by atoms with Crippen LogP contribution in [0.3, 0.4) is 0 Å². The third-order valence-corrected chi connectivity index (χ3v) is 11.1. The minimum atomic E-state index is -0.417. The fraction of sp³-hybridized carbons (Fsp3) is 0.237. The second-order valence-corrected chi connectivity index (χ2v) is 14.5. The second-order valence-electron chi connectivity index (χ2n) is 12.6. The number of nitrogens with two attached hydrogens (primary N) is 1. The summed E-state index contributed by atoms with van der Waals surface area (Å²) in [6.45, 7) is 5.15. The predicted molar refractivity (Wildman–Crippen MR) is 205 cm³/mol. The van der Waals surface area contributed by atoms with E-state index in [1.807, 2.05) is 41.8 Å². The number of nitriles is 1. The molecular weight excluding hydrogens is 695 g/mol. The minimum absolute atomic E-state index is 0.0501. The van der Waals surface area contributed by atoms with Gasteiger partial charge in [0.25, 0.3) is 5.91 Å². The molecule has 2 aliphatic heterocycles. The van der Waals surface area contributed by atoms with Gasteiger partial charge in [0.2, 0.25) is 6.79 Å². The largest absolute Gasteiger partial charge is 0.454 e. The van der Waals surface area contributed by atoms with Crippen molar-refractivity contribution < 1.29 is 14.3 Å². The lowest BCUT2D eigenvalue weighted by molar-refractivity contribution is -0.117. The number of nitrogens with zero attached hydrogens (tertiary/aromatic N) is 7. The molecule has 12 nitrogen and oxygen atoms in total. The number of pyridine rings is 1. The number of nitrogens with one attached hydrogen (secondary N) is 1. The Balaban J connectivity index is 0.961. The van der Waals surface area contributed by atoms with Crippen molar-refractivity contribution in [3.05, 3.63) is 83.5 Å². The summed E-state index contributed by atoms with van der Waals surface area (Å²) < 4.78 is 13.4. The van der Waals surface area contributed by atoms with E-state index in [0.717, 1.165) is 63.5 Å². The minimum Gasteiger partial charge on any atom is -0.454 e. The van der Waals surface area contributed by atoms with Gasteiger partial charge in [0.05, 0.1) is 5.52 Å². The van der Waals surface area contributed by atoms with Crippen molar-refractivity contribution in [1.82, 2.24) is 29.7 Å². The number of hydrogen-bond acceptors (Lipinski definition) is 12. The average Bonchev–Trinajstić information content (AvgIpc) is 3.93. The number of carbonyl (C=O) groups excluding carboxylic acids is 1. The summed E-state index contributed by atoms with van der Waals surface area (Å²) >= 11 is 3.02. The van der Waals surface area contributed by atoms with Crippen molar-refractivity contribution in [3.63, 3.8) is 0 Å². The quantitative estimate of drug-likeness (QED) is 0.0967. The second kappa shape index (κ2) is 14.5. The molecule has 3 aromatic carbocycles. The molecule has 1 fully saturated rings. The van der Waals surface area contributed by atoms with Crippen LogP contribution in [0.1, 0.15) is 12.0 Å². The number of benzene rings is 3. The van der Waals surface area contributed by atoms with Gasteiger partial charge in [0.1, 0.15) is 22.2 Å². The third-order valence-electron chi connectivity index (χ3n) is 9.24. The molecule has 5 heterocycles. The summed E-state index contributed by atoms with van der Waals surface area (Å²) in [5.74, 6) is 1.26. The van der Waals surface area contributed by atoms with Crippen LogP contribution in [0, 0.1) is 11.3 Å². The molecule has 14 heteroatoms. The monoisotopic (exact) mass is 729 g/mol. The lowest BCUT2D eigenvalue weighted by Gasteiger charge is -2.34. The topological polar surface area (TPSA) is 147 Å². The molecule has 6 aromatic rings. The van der Waals surface area contributed by atoms with E-state index in [-0.39, 0.29) is 12.4 Å². The van der Waals surface area contributed by atoms with Gasteiger partial charge in [-0.25, -0.2) is 15.0 Å². The number of aromatic nitrogens is 4. The van der Waals surface area contributed by atoms with Gasteiger partial charge in [-0.3, -0.25) is 4.79 Å². The maximum Gasteiger partial charge on any atom is 0.261 e. The standard InChI is InChI=1S/C38H35N9O3S2/c1-45-12-14-46(15-13-45)28-6-5-25-17-24(3-4-26(25)19-28)18-27(22-39)36(48)42-8-2-11-47-30-7-9-41-35(40)34(30)44-38(47)52-33-21-32-31(49-23-50-32)20-29(33)37-43-10-16-51-37/h3-7,9-10,16-21H,2,8,11-15,23H2,1H3,(H2,40,41)(H,42,48)/b27-18+. The Morgan fingerprint density at radius 3 is 2.65 bits per heavy atom. The van der Waals surface area contributed by atoms with Gasteiger partial charge < -0.3 is 34.9 Å². The number of amides is 1. The lowest BCUT2D eigenvalue weighted by atomic mass is 10.0. The number of ether oxygens (including phenoxy) is 2. The number of aryl methyl sites for hydroxylation is 1. The predicted octanol–water partition coefficient (Wildman–Crippen LogP) is 6.04. The molecule has 1 amide bonds. The van der Waals surface area contributed by atoms with Crippen molar-refractivity contribution in [2.75, 3.05) is 57.2 Å². The van der Waals surface area contributed by atoms with Gasteiger partial charge in [0, 0.05) is 73.2 Å². The Kier molecular flexibility index (Phi) is 9.38. The van der Waals surface area contributed by atoms with E-state index in [9.17, 15) is 10.1 Å². The molecule has 262 valence electrons. The summed E-state index contributed by atoms with van der Waals surface area (Å²) in [5, 5.41) is 18.5. The third kappa shape index (κ3) is 6.85. The SMILES string of the molecule is CN1CCN(c2ccc3cc(/C=C(\C#N)C(=O)NCCCn4c(Sc5cc6c(cc5-c5nccs5)OCO6)nc5c(N)nccc54)ccc3c2)CC1. The molecule has 0 unspecified atom stereocenters. The molecule has 8 rings (SSSR count). The Bertz CT molecular complexity index is 2360. The highest BCUT2D eigenvalue weighted by Gasteiger charge is 2.23. The average molecular weight is 730 g/mol. The number of rotatable bonds is 10. The summed E-state index contributed by atoms with van der Waals surface area (Å²) in [5.41, 5.74) is 10.7. The maximum atomic E-state index is 13.2. The number of likely N-dealkylation sites (N-methyl/N-ethyl adjacent to an activating group) is 1. The van der Waals surface area contributed by atoms with Crippen LogP contribution in [-0.4, -0.2) is 76.9 Å². The highest BCUT2D eigenvalue weighted by Crippen LogP contribution is 2.45. The molecule has 3 aromatic heterocycles. The Morgan fingerprint density at radius 1 is 1.04 bits per heavy atom. The molecule has 1 saturated heterocycles. The number of thiazole rings is 1. The highest BCUT2D eigenvalue weighted by atomic mass is 32.2. The summed E-state index contributed by atoms with van der Waals surface area (Å²) in [4.78, 5) is 32.5.